The van der Waals surface area contributed by atoms with Gasteiger partial charge in [-0.3, -0.25) is 4.79 Å². The van der Waals surface area contributed by atoms with Crippen LogP contribution in [0.2, 0.25) is 10.2 Å². The van der Waals surface area contributed by atoms with Crippen LogP contribution in [0.5, 0.6) is 0 Å². The van der Waals surface area contributed by atoms with Gasteiger partial charge in [-0.05, 0) is 12.1 Å². The molecule has 4 rings (SSSR count). The smallest absolute Gasteiger partial charge is 0.323 e. The van der Waals surface area contributed by atoms with Gasteiger partial charge in [-0.2, -0.15) is 15.3 Å². The minimum Gasteiger partial charge on any atom is -0.343 e. The fourth-order valence-electron chi connectivity index (χ4n) is 2.67. The second-order valence-corrected chi connectivity index (χ2v) is 7.12. The number of aromatic nitrogens is 7. The molecule has 0 bridgehead atoms. The Morgan fingerprint density at radius 1 is 1.06 bits per heavy atom. The van der Waals surface area contributed by atoms with Gasteiger partial charge in [0, 0.05) is 20.3 Å². The number of nitrogens with zero attached hydrogens (tertiary/aromatic N) is 8. The van der Waals surface area contributed by atoms with E-state index >= 15 is 0 Å². The normalized spacial score (nSPS) is 10.8. The number of pyridine rings is 1. The summed E-state index contributed by atoms with van der Waals surface area (Å²) in [5, 5.41) is 17.4. The second kappa shape index (κ2) is 8.16. The zero-order chi connectivity index (χ0) is 22.1. The molecule has 4 aromatic heterocycles. The van der Waals surface area contributed by atoms with Crippen LogP contribution in [0.15, 0.2) is 36.9 Å². The lowest BCUT2D eigenvalue weighted by Gasteiger charge is -2.11. The van der Waals surface area contributed by atoms with Gasteiger partial charge in [-0.15, -0.1) is 4.80 Å². The molecule has 0 saturated carbocycles. The van der Waals surface area contributed by atoms with Crippen molar-refractivity contribution in [1.82, 2.24) is 39.5 Å². The number of rotatable bonds is 4. The van der Waals surface area contributed by atoms with Crippen molar-refractivity contribution in [2.24, 2.45) is 0 Å². The summed E-state index contributed by atoms with van der Waals surface area (Å²) in [4.78, 5) is 35.8. The third-order valence-corrected chi connectivity index (χ3v) is 4.57. The fourth-order valence-corrected chi connectivity index (χ4v) is 3.11. The fraction of sp³-hybridized carbons (Fsp3) is 0.118. The Morgan fingerprint density at radius 3 is 2.48 bits per heavy atom. The Labute approximate surface area is 184 Å². The Bertz CT molecular complexity index is 1290. The average molecular weight is 461 g/mol. The molecule has 0 aliphatic rings. The number of halogens is 2. The van der Waals surface area contributed by atoms with Crippen LogP contribution in [-0.2, 0) is 0 Å². The van der Waals surface area contributed by atoms with Gasteiger partial charge in [-0.25, -0.2) is 19.3 Å². The van der Waals surface area contributed by atoms with E-state index in [1.54, 1.807) is 14.1 Å². The molecule has 0 radical (unpaired) electrons. The molecule has 0 aliphatic heterocycles. The van der Waals surface area contributed by atoms with Crippen molar-refractivity contribution in [2.45, 2.75) is 0 Å². The van der Waals surface area contributed by atoms with Gasteiger partial charge >= 0.3 is 6.03 Å². The van der Waals surface area contributed by atoms with E-state index in [0.29, 0.717) is 11.5 Å². The topological polar surface area (TPSA) is 135 Å². The molecule has 158 valence electrons. The molecule has 14 heteroatoms. The third-order valence-electron chi connectivity index (χ3n) is 4.03. The number of carbonyl (C=O) groups excluding carboxylic acids is 2. The molecule has 0 spiro atoms. The minimum absolute atomic E-state index is 0.0297. The number of fused-ring (bicyclic) bond motifs is 1. The first kappa shape index (κ1) is 20.5. The second-order valence-electron chi connectivity index (χ2n) is 6.36. The summed E-state index contributed by atoms with van der Waals surface area (Å²) in [6.45, 7) is 0. The van der Waals surface area contributed by atoms with Gasteiger partial charge in [0.1, 0.15) is 11.4 Å². The minimum atomic E-state index is -0.634. The zero-order valence-corrected chi connectivity index (χ0v) is 17.6. The predicted octanol–water partition coefficient (Wildman–Crippen LogP) is 2.36. The molecule has 31 heavy (non-hydrogen) atoms. The highest BCUT2D eigenvalue weighted by atomic mass is 35.5. The third kappa shape index (κ3) is 3.98. The molecule has 0 saturated heterocycles. The Kier molecular flexibility index (Phi) is 5.40. The lowest BCUT2D eigenvalue weighted by molar-refractivity contribution is 0.0819. The number of nitrogens with one attached hydrogen (secondary N) is 2. The summed E-state index contributed by atoms with van der Waals surface area (Å²) in [5.41, 5.74) is 0.916. The van der Waals surface area contributed by atoms with Gasteiger partial charge in [0.25, 0.3) is 5.91 Å². The van der Waals surface area contributed by atoms with Crippen molar-refractivity contribution >= 4 is 52.2 Å². The monoisotopic (exact) mass is 460 g/mol. The number of carbonyl (C=O) groups is 2. The van der Waals surface area contributed by atoms with E-state index in [0.717, 1.165) is 0 Å². The Balaban J connectivity index is 1.57. The van der Waals surface area contributed by atoms with Crippen LogP contribution in [0.3, 0.4) is 0 Å². The maximum Gasteiger partial charge on any atom is 0.323 e. The Hall–Kier alpha value is -3.77. The summed E-state index contributed by atoms with van der Waals surface area (Å²) in [6.07, 6.45) is 5.80. The van der Waals surface area contributed by atoms with Gasteiger partial charge in [0.2, 0.25) is 0 Å². The number of urea groups is 1. The highest BCUT2D eigenvalue weighted by Gasteiger charge is 2.20. The lowest BCUT2D eigenvalue weighted by atomic mass is 10.3. The van der Waals surface area contributed by atoms with Crippen molar-refractivity contribution in [3.05, 3.63) is 52.8 Å². The molecule has 0 aromatic carbocycles. The summed E-state index contributed by atoms with van der Waals surface area (Å²) in [6, 6.07) is 2.37. The summed E-state index contributed by atoms with van der Waals surface area (Å²) < 4.78 is 1.27. The highest BCUT2D eigenvalue weighted by Crippen LogP contribution is 2.26. The van der Waals surface area contributed by atoms with E-state index in [4.69, 9.17) is 23.2 Å². The standard InChI is InChI=1S/C17H14Cl2N10O2/c1-27(2)16(30)11-3-4-20-15-12(13(19)26-28(11)15)25-17(31)24-9-7-10(18)14(21-8-9)29-22-5-6-23-29/h3-8H,1-2H3,(H2,24,25,31). The van der Waals surface area contributed by atoms with Crippen molar-refractivity contribution in [1.29, 1.82) is 0 Å². The SMILES string of the molecule is CN(C)C(=O)c1ccnc2c(NC(=O)Nc3cnc(-n4nccn4)c(Cl)c3)c(Cl)nn12. The maximum atomic E-state index is 12.5. The number of hydrogen-bond donors (Lipinski definition) is 2. The van der Waals surface area contributed by atoms with Crippen molar-refractivity contribution in [3.63, 3.8) is 0 Å². The molecule has 4 heterocycles. The van der Waals surface area contributed by atoms with Crippen LogP contribution in [0, 0.1) is 0 Å². The molecule has 0 fully saturated rings. The lowest BCUT2D eigenvalue weighted by Crippen LogP contribution is -2.24. The van der Waals surface area contributed by atoms with Gasteiger partial charge in [-0.1, -0.05) is 23.2 Å². The van der Waals surface area contributed by atoms with Crippen LogP contribution in [-0.4, -0.2) is 65.5 Å². The van der Waals surface area contributed by atoms with Crippen molar-refractivity contribution < 1.29 is 9.59 Å². The van der Waals surface area contributed by atoms with Gasteiger partial charge < -0.3 is 15.5 Å². The molecule has 3 amide bonds. The number of anilines is 2. The van der Waals surface area contributed by atoms with E-state index in [-0.39, 0.29) is 33.1 Å². The molecular weight excluding hydrogens is 447 g/mol. The average Bonchev–Trinajstić information content (AvgIpc) is 3.36. The molecule has 0 aliphatic carbocycles. The first-order valence-electron chi connectivity index (χ1n) is 8.70. The summed E-state index contributed by atoms with van der Waals surface area (Å²) >= 11 is 12.4. The first-order chi connectivity index (χ1) is 14.8. The zero-order valence-electron chi connectivity index (χ0n) is 16.1. The molecule has 0 atom stereocenters. The van der Waals surface area contributed by atoms with Crippen LogP contribution in [0.4, 0.5) is 16.2 Å². The van der Waals surface area contributed by atoms with Gasteiger partial charge in [0.15, 0.2) is 16.6 Å². The van der Waals surface area contributed by atoms with E-state index in [9.17, 15) is 9.59 Å². The van der Waals surface area contributed by atoms with Crippen LogP contribution in [0.25, 0.3) is 11.5 Å². The molecule has 4 aromatic rings. The summed E-state index contributed by atoms with van der Waals surface area (Å²) in [7, 11) is 3.22. The summed E-state index contributed by atoms with van der Waals surface area (Å²) in [5.74, 6) is 0.0145. The number of hydrogen-bond acceptors (Lipinski definition) is 7. The largest absolute Gasteiger partial charge is 0.343 e. The molecule has 12 nitrogen and oxygen atoms in total. The quantitative estimate of drug-likeness (QED) is 0.476. The first-order valence-corrected chi connectivity index (χ1v) is 9.46. The molecular formula is C17H14Cl2N10O2. The van der Waals surface area contributed by atoms with Crippen LogP contribution >= 0.6 is 23.2 Å². The van der Waals surface area contributed by atoms with E-state index in [1.807, 2.05) is 0 Å². The van der Waals surface area contributed by atoms with E-state index < -0.39 is 6.03 Å². The van der Waals surface area contributed by atoms with Crippen LogP contribution < -0.4 is 10.6 Å². The van der Waals surface area contributed by atoms with Crippen molar-refractivity contribution in [2.75, 3.05) is 24.7 Å². The molecule has 0 unspecified atom stereocenters. The predicted molar refractivity (Wildman–Crippen MR) is 113 cm³/mol. The van der Waals surface area contributed by atoms with Crippen molar-refractivity contribution in [3.8, 4) is 5.82 Å². The van der Waals surface area contributed by atoms with E-state index in [2.05, 4.69) is 35.9 Å². The van der Waals surface area contributed by atoms with Crippen LogP contribution in [0.1, 0.15) is 10.5 Å². The Morgan fingerprint density at radius 2 is 1.81 bits per heavy atom. The maximum absolute atomic E-state index is 12.5. The molecule has 2 N–H and O–H groups in total. The van der Waals surface area contributed by atoms with E-state index in [1.165, 1.54) is 51.1 Å². The highest BCUT2D eigenvalue weighted by molar-refractivity contribution is 6.34. The van der Waals surface area contributed by atoms with Gasteiger partial charge in [0.05, 0.1) is 29.3 Å². The number of amides is 3.